The van der Waals surface area contributed by atoms with Crippen LogP contribution in [-0.2, 0) is 0 Å². The van der Waals surface area contributed by atoms with E-state index in [0.717, 1.165) is 61.8 Å². The van der Waals surface area contributed by atoms with Crippen molar-refractivity contribution in [2.75, 3.05) is 4.90 Å². The fourth-order valence-electron chi connectivity index (χ4n) is 6.58. The SMILES string of the molecule is N=C(/C=C1\NC(c2ccccc2)=Cc2cccc(N(c3ccc(-c4ccccc4)cc3)c3ccc(-c4ccccc4)cc3)c21)c1ccccc1. The summed E-state index contributed by atoms with van der Waals surface area (Å²) in [7, 11) is 0. The van der Waals surface area contributed by atoms with Crippen molar-refractivity contribution in [3.8, 4) is 22.3 Å². The van der Waals surface area contributed by atoms with Crippen LogP contribution >= 0.6 is 0 Å². The van der Waals surface area contributed by atoms with Crippen molar-refractivity contribution in [1.82, 2.24) is 5.32 Å². The predicted octanol–water partition coefficient (Wildman–Crippen LogP) is 12.0. The molecule has 0 unspecified atom stereocenters. The molecule has 0 atom stereocenters. The van der Waals surface area contributed by atoms with Gasteiger partial charge in [-0.1, -0.05) is 158 Å². The molecule has 0 aliphatic carbocycles. The lowest BCUT2D eigenvalue weighted by atomic mass is 9.93. The number of fused-ring (bicyclic) bond motifs is 1. The zero-order valence-corrected chi connectivity index (χ0v) is 27.5. The van der Waals surface area contributed by atoms with E-state index in [1.807, 2.05) is 54.6 Å². The highest BCUT2D eigenvalue weighted by Gasteiger charge is 2.25. The zero-order valence-electron chi connectivity index (χ0n) is 27.5. The summed E-state index contributed by atoms with van der Waals surface area (Å²) in [5, 5.41) is 12.9. The molecule has 0 saturated heterocycles. The molecule has 8 rings (SSSR count). The second kappa shape index (κ2) is 13.8. The van der Waals surface area contributed by atoms with Gasteiger partial charge in [0, 0.05) is 22.6 Å². The van der Waals surface area contributed by atoms with Crippen LogP contribution < -0.4 is 10.2 Å². The van der Waals surface area contributed by atoms with Crippen molar-refractivity contribution in [2.45, 2.75) is 0 Å². The van der Waals surface area contributed by atoms with Crippen molar-refractivity contribution in [1.29, 1.82) is 5.41 Å². The van der Waals surface area contributed by atoms with E-state index < -0.39 is 0 Å². The number of nitrogens with zero attached hydrogens (tertiary/aromatic N) is 1. The van der Waals surface area contributed by atoms with Crippen LogP contribution in [0.25, 0.3) is 39.7 Å². The van der Waals surface area contributed by atoms with E-state index >= 15 is 0 Å². The molecule has 0 radical (unpaired) electrons. The third-order valence-corrected chi connectivity index (χ3v) is 9.08. The maximum absolute atomic E-state index is 9.15. The first-order valence-corrected chi connectivity index (χ1v) is 16.9. The second-order valence-corrected chi connectivity index (χ2v) is 12.3. The summed E-state index contributed by atoms with van der Waals surface area (Å²) >= 11 is 0. The Labute approximate surface area is 293 Å². The van der Waals surface area contributed by atoms with E-state index in [4.69, 9.17) is 5.41 Å². The minimum absolute atomic E-state index is 0.439. The van der Waals surface area contributed by atoms with Gasteiger partial charge in [0.05, 0.1) is 17.1 Å². The Bertz CT molecular complexity index is 2220. The van der Waals surface area contributed by atoms with Crippen LogP contribution in [0.15, 0.2) is 194 Å². The number of benzene rings is 7. The Morgan fingerprint density at radius 1 is 0.460 bits per heavy atom. The molecule has 0 bridgehead atoms. The number of rotatable bonds is 8. The zero-order chi connectivity index (χ0) is 33.7. The third kappa shape index (κ3) is 6.28. The van der Waals surface area contributed by atoms with E-state index in [9.17, 15) is 0 Å². The highest BCUT2D eigenvalue weighted by Crippen LogP contribution is 2.43. The molecule has 0 amide bonds. The second-order valence-electron chi connectivity index (χ2n) is 12.3. The lowest BCUT2D eigenvalue weighted by molar-refractivity contribution is 1.19. The largest absolute Gasteiger partial charge is 0.354 e. The van der Waals surface area contributed by atoms with Gasteiger partial charge in [-0.25, -0.2) is 0 Å². The van der Waals surface area contributed by atoms with Gasteiger partial charge in [-0.2, -0.15) is 0 Å². The number of hydrogen-bond acceptors (Lipinski definition) is 3. The molecule has 0 aromatic heterocycles. The van der Waals surface area contributed by atoms with Gasteiger partial charge in [0.25, 0.3) is 0 Å². The van der Waals surface area contributed by atoms with Crippen molar-refractivity contribution in [2.24, 2.45) is 0 Å². The molecule has 3 heteroatoms. The predicted molar refractivity (Wildman–Crippen MR) is 211 cm³/mol. The Balaban J connectivity index is 1.30. The number of nitrogens with one attached hydrogen (secondary N) is 2. The minimum Gasteiger partial charge on any atom is -0.354 e. The highest BCUT2D eigenvalue weighted by molar-refractivity contribution is 6.13. The molecular weight excluding hydrogens is 607 g/mol. The molecular formula is C47H35N3. The summed E-state index contributed by atoms with van der Waals surface area (Å²) in [6.45, 7) is 0. The molecule has 1 heterocycles. The van der Waals surface area contributed by atoms with Crippen LogP contribution in [0.1, 0.15) is 22.3 Å². The third-order valence-electron chi connectivity index (χ3n) is 9.08. The van der Waals surface area contributed by atoms with Gasteiger partial charge in [-0.3, -0.25) is 0 Å². The van der Waals surface area contributed by atoms with E-state index in [-0.39, 0.29) is 0 Å². The topological polar surface area (TPSA) is 39.1 Å². The Morgan fingerprint density at radius 3 is 1.44 bits per heavy atom. The van der Waals surface area contributed by atoms with E-state index in [0.29, 0.717) is 5.71 Å². The molecule has 0 spiro atoms. The van der Waals surface area contributed by atoms with Crippen LogP contribution in [0.3, 0.4) is 0 Å². The summed E-state index contributed by atoms with van der Waals surface area (Å²) in [6.07, 6.45) is 4.18. The minimum atomic E-state index is 0.439. The fourth-order valence-corrected chi connectivity index (χ4v) is 6.58. The van der Waals surface area contributed by atoms with E-state index in [2.05, 4.69) is 156 Å². The van der Waals surface area contributed by atoms with Crippen LogP contribution in [0.2, 0.25) is 0 Å². The van der Waals surface area contributed by atoms with Crippen molar-refractivity contribution < 1.29 is 0 Å². The smallest absolute Gasteiger partial charge is 0.0633 e. The quantitative estimate of drug-likeness (QED) is 0.162. The number of anilines is 3. The van der Waals surface area contributed by atoms with Crippen molar-refractivity contribution in [3.63, 3.8) is 0 Å². The maximum atomic E-state index is 9.15. The Kier molecular flexibility index (Phi) is 8.45. The lowest BCUT2D eigenvalue weighted by Crippen LogP contribution is -2.21. The van der Waals surface area contributed by atoms with Gasteiger partial charge in [0.2, 0.25) is 0 Å². The Morgan fingerprint density at radius 2 is 0.920 bits per heavy atom. The van der Waals surface area contributed by atoms with Gasteiger partial charge in [-0.05, 0) is 81.4 Å². The number of allylic oxidation sites excluding steroid dienone is 1. The summed E-state index contributed by atoms with van der Waals surface area (Å²) in [5.41, 5.74) is 14.2. The molecule has 2 N–H and O–H groups in total. The molecule has 238 valence electrons. The maximum Gasteiger partial charge on any atom is 0.0633 e. The first kappa shape index (κ1) is 30.6. The Hall–Kier alpha value is -6.71. The normalized spacial score (nSPS) is 12.8. The molecule has 1 aliphatic rings. The van der Waals surface area contributed by atoms with Gasteiger partial charge < -0.3 is 15.6 Å². The van der Waals surface area contributed by atoms with E-state index in [1.54, 1.807) is 0 Å². The van der Waals surface area contributed by atoms with Crippen LogP contribution in [0, 0.1) is 5.41 Å². The van der Waals surface area contributed by atoms with Gasteiger partial charge in [0.15, 0.2) is 0 Å². The number of hydrogen-bond donors (Lipinski definition) is 2. The summed E-state index contributed by atoms with van der Waals surface area (Å²) < 4.78 is 0. The van der Waals surface area contributed by atoms with E-state index in [1.165, 1.54) is 11.1 Å². The highest BCUT2D eigenvalue weighted by atomic mass is 15.1. The van der Waals surface area contributed by atoms with Gasteiger partial charge in [0.1, 0.15) is 0 Å². The standard InChI is InChI=1S/C47H35N3/c48-43(38-18-9-3-10-19-38)33-45-47-40(32-44(49-45)39-20-11-4-12-21-39)22-13-23-46(47)50(41-28-24-36(25-29-41)34-14-5-1-6-15-34)42-30-26-37(27-31-42)35-16-7-2-8-17-35/h1-33,48-49H/b45-33-,48-43?. The van der Waals surface area contributed by atoms with Gasteiger partial charge in [-0.15, -0.1) is 0 Å². The first-order chi connectivity index (χ1) is 24.7. The van der Waals surface area contributed by atoms with Crippen LogP contribution in [0.5, 0.6) is 0 Å². The molecule has 1 aliphatic heterocycles. The summed E-state index contributed by atoms with van der Waals surface area (Å²) in [4.78, 5) is 2.32. The molecule has 0 saturated carbocycles. The molecule has 0 fully saturated rings. The monoisotopic (exact) mass is 641 g/mol. The lowest BCUT2D eigenvalue weighted by Gasteiger charge is -2.32. The first-order valence-electron chi connectivity index (χ1n) is 16.9. The molecule has 7 aromatic rings. The molecule has 3 nitrogen and oxygen atoms in total. The summed E-state index contributed by atoms with van der Waals surface area (Å²) in [5.74, 6) is 0. The molecule has 7 aromatic carbocycles. The van der Waals surface area contributed by atoms with Crippen molar-refractivity contribution >= 4 is 40.2 Å². The van der Waals surface area contributed by atoms with Gasteiger partial charge >= 0.3 is 0 Å². The average Bonchev–Trinajstić information content (AvgIpc) is 3.20. The molecule has 50 heavy (non-hydrogen) atoms. The van der Waals surface area contributed by atoms with Crippen LogP contribution in [-0.4, -0.2) is 5.71 Å². The summed E-state index contributed by atoms with van der Waals surface area (Å²) in [6, 6.07) is 65.3. The average molecular weight is 642 g/mol. The van der Waals surface area contributed by atoms with Crippen molar-refractivity contribution in [3.05, 3.63) is 216 Å². The van der Waals surface area contributed by atoms with Crippen LogP contribution in [0.4, 0.5) is 17.1 Å². The fraction of sp³-hybridized carbons (Fsp3) is 0.